The molecule has 1 aromatic carbocycles. The van der Waals surface area contributed by atoms with Crippen molar-refractivity contribution in [2.75, 3.05) is 11.9 Å². The number of aryl methyl sites for hydroxylation is 1. The molecule has 0 saturated heterocycles. The summed E-state index contributed by atoms with van der Waals surface area (Å²) >= 11 is 3.27. The van der Waals surface area contributed by atoms with Crippen molar-refractivity contribution in [3.05, 3.63) is 51.9 Å². The van der Waals surface area contributed by atoms with E-state index in [9.17, 15) is 4.79 Å². The number of carbonyl (C=O) groups is 1. The van der Waals surface area contributed by atoms with Gasteiger partial charge in [-0.25, -0.2) is 4.79 Å². The van der Waals surface area contributed by atoms with Crippen LogP contribution in [-0.2, 0) is 6.54 Å². The van der Waals surface area contributed by atoms with Crippen LogP contribution in [0.1, 0.15) is 21.9 Å². The zero-order valence-corrected chi connectivity index (χ0v) is 12.3. The Bertz CT molecular complexity index is 606. The molecule has 0 atom stereocenters. The number of carboxylic acids is 1. The van der Waals surface area contributed by atoms with Crippen LogP contribution in [0, 0.1) is 6.92 Å². The molecule has 19 heavy (non-hydrogen) atoms. The Morgan fingerprint density at radius 3 is 2.63 bits per heavy atom. The van der Waals surface area contributed by atoms with Crippen LogP contribution in [-0.4, -0.2) is 18.1 Å². The van der Waals surface area contributed by atoms with Crippen LogP contribution in [0.4, 0.5) is 5.69 Å². The Hall–Kier alpha value is -1.75. The molecule has 0 saturated carbocycles. The molecule has 1 heterocycles. The lowest BCUT2D eigenvalue weighted by molar-refractivity contribution is 0.0696. The Balaban J connectivity index is 2.17. The summed E-state index contributed by atoms with van der Waals surface area (Å²) in [6.45, 7) is 2.54. The molecule has 0 aliphatic rings. The van der Waals surface area contributed by atoms with Gasteiger partial charge in [-0.05, 0) is 53.2 Å². The lowest BCUT2D eigenvalue weighted by atomic mass is 10.2. The molecule has 0 unspecified atom stereocenters. The molecule has 2 aromatic rings. The van der Waals surface area contributed by atoms with E-state index in [0.29, 0.717) is 11.0 Å². The lowest BCUT2D eigenvalue weighted by Gasteiger charge is -2.18. The molecular formula is C14H14BrNO3. The molecule has 1 aromatic heterocycles. The van der Waals surface area contributed by atoms with Gasteiger partial charge in [0.15, 0.2) is 0 Å². The third-order valence-electron chi connectivity index (χ3n) is 2.81. The predicted octanol–water partition coefficient (Wildman–Crippen LogP) is 3.69. The number of halogens is 1. The summed E-state index contributed by atoms with van der Waals surface area (Å²) < 4.78 is 6.09. The lowest BCUT2D eigenvalue weighted by Crippen LogP contribution is -2.16. The number of rotatable bonds is 4. The van der Waals surface area contributed by atoms with Gasteiger partial charge in [0, 0.05) is 17.2 Å². The van der Waals surface area contributed by atoms with Crippen molar-refractivity contribution in [3.8, 4) is 0 Å². The van der Waals surface area contributed by atoms with E-state index in [0.717, 1.165) is 17.2 Å². The van der Waals surface area contributed by atoms with Crippen LogP contribution < -0.4 is 4.90 Å². The maximum absolute atomic E-state index is 10.9. The molecular weight excluding hydrogens is 310 g/mol. The topological polar surface area (TPSA) is 53.7 Å². The number of nitrogens with zero attached hydrogens (tertiary/aromatic N) is 1. The molecule has 0 aliphatic heterocycles. The monoisotopic (exact) mass is 323 g/mol. The zero-order valence-electron chi connectivity index (χ0n) is 10.7. The number of aromatic carboxylic acids is 1. The summed E-state index contributed by atoms with van der Waals surface area (Å²) in [6.07, 6.45) is 0. The maximum atomic E-state index is 10.9. The van der Waals surface area contributed by atoms with Crippen molar-refractivity contribution in [1.29, 1.82) is 0 Å². The van der Waals surface area contributed by atoms with Crippen molar-refractivity contribution in [2.24, 2.45) is 0 Å². The summed E-state index contributed by atoms with van der Waals surface area (Å²) in [5.41, 5.74) is 1.18. The van der Waals surface area contributed by atoms with E-state index in [-0.39, 0.29) is 5.56 Å². The second-order valence-corrected chi connectivity index (χ2v) is 5.19. The SMILES string of the molecule is Cc1ccc(CN(C)c2ccc(C(=O)O)c(Br)c2)o1. The maximum Gasteiger partial charge on any atom is 0.336 e. The van der Waals surface area contributed by atoms with Crippen LogP contribution >= 0.6 is 15.9 Å². The van der Waals surface area contributed by atoms with Gasteiger partial charge in [-0.2, -0.15) is 0 Å². The van der Waals surface area contributed by atoms with Crippen LogP contribution in [0.2, 0.25) is 0 Å². The molecule has 0 aliphatic carbocycles. The summed E-state index contributed by atoms with van der Waals surface area (Å²) in [4.78, 5) is 12.9. The Morgan fingerprint density at radius 2 is 2.11 bits per heavy atom. The highest BCUT2D eigenvalue weighted by Crippen LogP contribution is 2.24. The summed E-state index contributed by atoms with van der Waals surface area (Å²) in [5, 5.41) is 8.97. The minimum absolute atomic E-state index is 0.256. The fraction of sp³-hybridized carbons (Fsp3) is 0.214. The van der Waals surface area contributed by atoms with Gasteiger partial charge in [-0.15, -0.1) is 0 Å². The minimum atomic E-state index is -0.942. The number of anilines is 1. The van der Waals surface area contributed by atoms with Gasteiger partial charge in [0.2, 0.25) is 0 Å². The van der Waals surface area contributed by atoms with Crippen molar-refractivity contribution in [1.82, 2.24) is 0 Å². The average molecular weight is 324 g/mol. The fourth-order valence-electron chi connectivity index (χ4n) is 1.81. The molecule has 0 fully saturated rings. The first kappa shape index (κ1) is 13.7. The van der Waals surface area contributed by atoms with E-state index in [1.807, 2.05) is 31.0 Å². The van der Waals surface area contributed by atoms with E-state index >= 15 is 0 Å². The fourth-order valence-corrected chi connectivity index (χ4v) is 2.35. The van der Waals surface area contributed by atoms with Gasteiger partial charge < -0.3 is 14.4 Å². The Kier molecular flexibility index (Phi) is 3.95. The quantitative estimate of drug-likeness (QED) is 0.932. The van der Waals surface area contributed by atoms with Crippen LogP contribution in [0.25, 0.3) is 0 Å². The Morgan fingerprint density at radius 1 is 1.37 bits per heavy atom. The van der Waals surface area contributed by atoms with E-state index in [2.05, 4.69) is 15.9 Å². The van der Waals surface area contributed by atoms with Crippen molar-refractivity contribution in [2.45, 2.75) is 13.5 Å². The van der Waals surface area contributed by atoms with Crippen molar-refractivity contribution >= 4 is 27.6 Å². The average Bonchev–Trinajstić information content (AvgIpc) is 2.74. The Labute approximate surface area is 119 Å². The molecule has 0 amide bonds. The summed E-state index contributed by atoms with van der Waals surface area (Å²) in [7, 11) is 1.93. The van der Waals surface area contributed by atoms with Gasteiger partial charge >= 0.3 is 5.97 Å². The van der Waals surface area contributed by atoms with Gasteiger partial charge in [-0.3, -0.25) is 0 Å². The van der Waals surface area contributed by atoms with E-state index in [1.165, 1.54) is 0 Å². The molecule has 1 N–H and O–H groups in total. The second kappa shape index (κ2) is 5.48. The van der Waals surface area contributed by atoms with Gasteiger partial charge in [0.25, 0.3) is 0 Å². The number of hydrogen-bond acceptors (Lipinski definition) is 3. The standard InChI is InChI=1S/C14H14BrNO3/c1-9-3-5-11(19-9)8-16(2)10-4-6-12(14(17)18)13(15)7-10/h3-7H,8H2,1-2H3,(H,17,18). The first-order valence-electron chi connectivity index (χ1n) is 5.76. The van der Waals surface area contributed by atoms with Crippen molar-refractivity contribution < 1.29 is 14.3 Å². The molecule has 0 bridgehead atoms. The van der Waals surface area contributed by atoms with E-state index in [1.54, 1.807) is 18.2 Å². The van der Waals surface area contributed by atoms with E-state index in [4.69, 9.17) is 9.52 Å². The number of benzene rings is 1. The minimum Gasteiger partial charge on any atom is -0.478 e. The van der Waals surface area contributed by atoms with Gasteiger partial charge in [0.1, 0.15) is 11.5 Å². The third-order valence-corrected chi connectivity index (χ3v) is 3.47. The highest BCUT2D eigenvalue weighted by molar-refractivity contribution is 9.10. The molecule has 5 heteroatoms. The zero-order chi connectivity index (χ0) is 14.0. The normalized spacial score (nSPS) is 10.5. The smallest absolute Gasteiger partial charge is 0.336 e. The van der Waals surface area contributed by atoms with Crippen LogP contribution in [0.5, 0.6) is 0 Å². The van der Waals surface area contributed by atoms with E-state index < -0.39 is 5.97 Å². The molecule has 0 spiro atoms. The van der Waals surface area contributed by atoms with Crippen molar-refractivity contribution in [3.63, 3.8) is 0 Å². The number of carboxylic acid groups (broad SMARTS) is 1. The third kappa shape index (κ3) is 3.17. The predicted molar refractivity (Wildman–Crippen MR) is 76.7 cm³/mol. The number of furan rings is 1. The first-order chi connectivity index (χ1) is 8.97. The molecule has 4 nitrogen and oxygen atoms in total. The summed E-state index contributed by atoms with van der Waals surface area (Å²) in [5.74, 6) is 0.812. The largest absolute Gasteiger partial charge is 0.478 e. The molecule has 2 rings (SSSR count). The summed E-state index contributed by atoms with van der Waals surface area (Å²) in [6, 6.07) is 9.02. The van der Waals surface area contributed by atoms with Gasteiger partial charge in [0.05, 0.1) is 12.1 Å². The number of hydrogen-bond donors (Lipinski definition) is 1. The molecule has 100 valence electrons. The second-order valence-electron chi connectivity index (χ2n) is 4.34. The highest BCUT2D eigenvalue weighted by Gasteiger charge is 2.11. The van der Waals surface area contributed by atoms with Crippen LogP contribution in [0.15, 0.2) is 39.2 Å². The highest BCUT2D eigenvalue weighted by atomic mass is 79.9. The first-order valence-corrected chi connectivity index (χ1v) is 6.56. The van der Waals surface area contributed by atoms with Gasteiger partial charge in [-0.1, -0.05) is 0 Å². The van der Waals surface area contributed by atoms with Crippen LogP contribution in [0.3, 0.4) is 0 Å². The molecule has 0 radical (unpaired) electrons.